The van der Waals surface area contributed by atoms with Crippen LogP contribution in [0.1, 0.15) is 24.0 Å². The van der Waals surface area contributed by atoms with Crippen molar-refractivity contribution in [1.29, 1.82) is 0 Å². The predicted molar refractivity (Wildman–Crippen MR) is 77.8 cm³/mol. The highest BCUT2D eigenvalue weighted by Gasteiger charge is 2.36. The second kappa shape index (κ2) is 5.48. The molecule has 21 heavy (non-hydrogen) atoms. The normalized spacial score (nSPS) is 23.1. The third-order valence-electron chi connectivity index (χ3n) is 4.71. The van der Waals surface area contributed by atoms with Gasteiger partial charge in [-0.1, -0.05) is 31.2 Å². The number of fused-ring (bicyclic) bond motifs is 1. The fraction of sp³-hybridized carbons (Fsp3) is 0.500. The smallest absolute Gasteiger partial charge is 0.312 e. The minimum atomic E-state index is -0.863. The number of aliphatic carboxylic acids is 1. The summed E-state index contributed by atoms with van der Waals surface area (Å²) in [5, 5.41) is 12.6. The number of carboxylic acids is 1. The Morgan fingerprint density at radius 1 is 1.33 bits per heavy atom. The summed E-state index contributed by atoms with van der Waals surface area (Å²) in [6, 6.07) is 7.52. The molecule has 1 fully saturated rings. The maximum absolute atomic E-state index is 12.6. The number of nitrogens with one attached hydrogen (secondary N) is 1. The molecular weight excluding hydrogens is 268 g/mol. The van der Waals surface area contributed by atoms with Gasteiger partial charge >= 0.3 is 5.97 Å². The van der Waals surface area contributed by atoms with E-state index in [9.17, 15) is 14.7 Å². The van der Waals surface area contributed by atoms with E-state index in [-0.39, 0.29) is 18.4 Å². The van der Waals surface area contributed by atoms with Gasteiger partial charge in [-0.05, 0) is 30.1 Å². The first-order chi connectivity index (χ1) is 10.1. The van der Waals surface area contributed by atoms with Crippen molar-refractivity contribution in [2.45, 2.75) is 19.4 Å². The van der Waals surface area contributed by atoms with Gasteiger partial charge in [-0.15, -0.1) is 0 Å². The molecule has 2 aliphatic rings. The third kappa shape index (κ3) is 2.53. The zero-order valence-corrected chi connectivity index (χ0v) is 12.1. The van der Waals surface area contributed by atoms with Crippen LogP contribution in [-0.2, 0) is 16.1 Å². The summed E-state index contributed by atoms with van der Waals surface area (Å²) in [5.74, 6) is -1.09. The van der Waals surface area contributed by atoms with Crippen LogP contribution in [0.3, 0.4) is 0 Å². The Balaban J connectivity index is 1.82. The van der Waals surface area contributed by atoms with Crippen LogP contribution in [0.4, 0.5) is 0 Å². The fourth-order valence-electron chi connectivity index (χ4n) is 3.14. The molecule has 0 radical (unpaired) electrons. The molecule has 2 unspecified atom stereocenters. The van der Waals surface area contributed by atoms with Crippen LogP contribution < -0.4 is 5.32 Å². The number of amides is 1. The molecule has 2 aliphatic heterocycles. The maximum atomic E-state index is 12.6. The van der Waals surface area contributed by atoms with Crippen LogP contribution in [0.25, 0.3) is 0 Å². The van der Waals surface area contributed by atoms with Gasteiger partial charge in [-0.2, -0.15) is 0 Å². The van der Waals surface area contributed by atoms with Crippen LogP contribution in [0.15, 0.2) is 24.3 Å². The monoisotopic (exact) mass is 288 g/mol. The second-order valence-electron chi connectivity index (χ2n) is 6.02. The Kier molecular flexibility index (Phi) is 3.68. The van der Waals surface area contributed by atoms with E-state index in [1.165, 1.54) is 0 Å². The van der Waals surface area contributed by atoms with E-state index in [1.807, 2.05) is 31.2 Å². The first-order valence-electron chi connectivity index (χ1n) is 7.38. The molecule has 112 valence electrons. The third-order valence-corrected chi connectivity index (χ3v) is 4.71. The highest BCUT2D eigenvalue weighted by Crippen LogP contribution is 2.30. The highest BCUT2D eigenvalue weighted by molar-refractivity contribution is 5.83. The number of hydrogen-bond donors (Lipinski definition) is 2. The van der Waals surface area contributed by atoms with Gasteiger partial charge in [0.05, 0.1) is 5.92 Å². The maximum Gasteiger partial charge on any atom is 0.312 e. The molecule has 2 N–H and O–H groups in total. The lowest BCUT2D eigenvalue weighted by Crippen LogP contribution is -2.51. The highest BCUT2D eigenvalue weighted by atomic mass is 16.4. The lowest BCUT2D eigenvalue weighted by Gasteiger charge is -2.38. The van der Waals surface area contributed by atoms with Crippen molar-refractivity contribution >= 4 is 11.9 Å². The summed E-state index contributed by atoms with van der Waals surface area (Å²) in [6.07, 6.45) is 0. The average Bonchev–Trinajstić information content (AvgIpc) is 2.43. The summed E-state index contributed by atoms with van der Waals surface area (Å²) in [6.45, 7) is 4.49. The van der Waals surface area contributed by atoms with Gasteiger partial charge in [0.25, 0.3) is 0 Å². The molecule has 2 atom stereocenters. The van der Waals surface area contributed by atoms with Gasteiger partial charge in [0.15, 0.2) is 0 Å². The summed E-state index contributed by atoms with van der Waals surface area (Å²) in [7, 11) is 0. The Morgan fingerprint density at radius 2 is 2.05 bits per heavy atom. The summed E-state index contributed by atoms with van der Waals surface area (Å²) < 4.78 is 0. The first kappa shape index (κ1) is 14.1. The largest absolute Gasteiger partial charge is 0.481 e. The van der Waals surface area contributed by atoms with Gasteiger partial charge in [-0.25, -0.2) is 0 Å². The summed E-state index contributed by atoms with van der Waals surface area (Å²) in [5.41, 5.74) is 1.79. The molecule has 0 saturated carbocycles. The minimum Gasteiger partial charge on any atom is -0.481 e. The van der Waals surface area contributed by atoms with Crippen LogP contribution in [0.5, 0.6) is 0 Å². The van der Waals surface area contributed by atoms with Gasteiger partial charge in [0.1, 0.15) is 0 Å². The number of nitrogens with zero attached hydrogens (tertiary/aromatic N) is 1. The van der Waals surface area contributed by atoms with Crippen molar-refractivity contribution < 1.29 is 14.7 Å². The topological polar surface area (TPSA) is 69.6 Å². The quantitative estimate of drug-likeness (QED) is 0.872. The number of carbonyl (C=O) groups is 2. The van der Waals surface area contributed by atoms with E-state index in [4.69, 9.17) is 0 Å². The van der Waals surface area contributed by atoms with Crippen LogP contribution in [0, 0.1) is 11.8 Å². The zero-order chi connectivity index (χ0) is 15.0. The number of benzene rings is 1. The first-order valence-corrected chi connectivity index (χ1v) is 7.38. The Labute approximate surface area is 123 Å². The van der Waals surface area contributed by atoms with Crippen LogP contribution in [-0.4, -0.2) is 41.5 Å². The van der Waals surface area contributed by atoms with E-state index in [0.29, 0.717) is 12.5 Å². The van der Waals surface area contributed by atoms with E-state index < -0.39 is 11.9 Å². The SMILES string of the molecule is CC(C(=O)N1Cc2ccccc2C(C(=O)O)C1)C1CNC1. The van der Waals surface area contributed by atoms with Crippen molar-refractivity contribution in [3.8, 4) is 0 Å². The van der Waals surface area contributed by atoms with Crippen molar-refractivity contribution in [2.75, 3.05) is 19.6 Å². The lowest BCUT2D eigenvalue weighted by molar-refractivity contribution is -0.143. The summed E-state index contributed by atoms with van der Waals surface area (Å²) in [4.78, 5) is 25.8. The molecule has 2 heterocycles. The second-order valence-corrected chi connectivity index (χ2v) is 6.02. The molecule has 0 bridgehead atoms. The average molecular weight is 288 g/mol. The molecule has 0 aromatic heterocycles. The Bertz CT molecular complexity index is 568. The Morgan fingerprint density at radius 3 is 2.67 bits per heavy atom. The molecule has 5 heteroatoms. The molecular formula is C16H20N2O3. The van der Waals surface area contributed by atoms with E-state index in [1.54, 1.807) is 4.90 Å². The number of carboxylic acid groups (broad SMARTS) is 1. The molecule has 0 spiro atoms. The summed E-state index contributed by atoms with van der Waals surface area (Å²) >= 11 is 0. The predicted octanol–water partition coefficient (Wildman–Crippen LogP) is 1.05. The Hall–Kier alpha value is -1.88. The van der Waals surface area contributed by atoms with Gasteiger partial charge < -0.3 is 15.3 Å². The standard InChI is InChI=1S/C16H20N2O3/c1-10(12-6-17-7-12)15(19)18-8-11-4-2-3-5-13(11)14(9-18)16(20)21/h2-5,10,12,14,17H,6-9H2,1H3,(H,20,21). The van der Waals surface area contributed by atoms with E-state index >= 15 is 0 Å². The minimum absolute atomic E-state index is 0.0500. The van der Waals surface area contributed by atoms with E-state index in [0.717, 1.165) is 24.2 Å². The molecule has 1 aromatic carbocycles. The van der Waals surface area contributed by atoms with Crippen molar-refractivity contribution in [3.05, 3.63) is 35.4 Å². The van der Waals surface area contributed by atoms with Gasteiger partial charge in [-0.3, -0.25) is 9.59 Å². The van der Waals surface area contributed by atoms with Crippen LogP contribution >= 0.6 is 0 Å². The van der Waals surface area contributed by atoms with Crippen LogP contribution in [0.2, 0.25) is 0 Å². The van der Waals surface area contributed by atoms with Crippen molar-refractivity contribution in [1.82, 2.24) is 10.2 Å². The molecule has 1 saturated heterocycles. The molecule has 1 aromatic rings. The number of hydrogen-bond acceptors (Lipinski definition) is 3. The molecule has 5 nitrogen and oxygen atoms in total. The fourth-order valence-corrected chi connectivity index (χ4v) is 3.14. The van der Waals surface area contributed by atoms with Crippen molar-refractivity contribution in [2.24, 2.45) is 11.8 Å². The van der Waals surface area contributed by atoms with Gasteiger partial charge in [0.2, 0.25) is 5.91 Å². The number of carbonyl (C=O) groups excluding carboxylic acids is 1. The molecule has 3 rings (SSSR count). The van der Waals surface area contributed by atoms with Crippen molar-refractivity contribution in [3.63, 3.8) is 0 Å². The molecule has 1 amide bonds. The number of rotatable bonds is 3. The van der Waals surface area contributed by atoms with Gasteiger partial charge in [0, 0.05) is 19.0 Å². The molecule has 0 aliphatic carbocycles. The lowest BCUT2D eigenvalue weighted by atomic mass is 9.85. The zero-order valence-electron chi connectivity index (χ0n) is 12.1. The van der Waals surface area contributed by atoms with E-state index in [2.05, 4.69) is 5.32 Å².